The van der Waals surface area contributed by atoms with Gasteiger partial charge in [0.2, 0.25) is 0 Å². The number of hydrogen-bond acceptors (Lipinski definition) is 3. The SMILES string of the molecule is Nc1cccnc1-c1cccc(OC2CC2)c1. The van der Waals surface area contributed by atoms with E-state index in [0.29, 0.717) is 11.8 Å². The van der Waals surface area contributed by atoms with E-state index in [2.05, 4.69) is 4.98 Å². The Morgan fingerprint density at radius 2 is 2.06 bits per heavy atom. The first kappa shape index (κ1) is 10.1. The summed E-state index contributed by atoms with van der Waals surface area (Å²) in [6.45, 7) is 0. The van der Waals surface area contributed by atoms with Crippen LogP contribution in [0.1, 0.15) is 12.8 Å². The van der Waals surface area contributed by atoms with Gasteiger partial charge in [0.25, 0.3) is 0 Å². The predicted molar refractivity (Wildman–Crippen MR) is 67.7 cm³/mol. The van der Waals surface area contributed by atoms with E-state index in [1.807, 2.05) is 36.4 Å². The van der Waals surface area contributed by atoms with E-state index in [-0.39, 0.29) is 0 Å². The maximum atomic E-state index is 5.91. The molecule has 1 heterocycles. The van der Waals surface area contributed by atoms with Crippen molar-refractivity contribution in [2.24, 2.45) is 0 Å². The Hall–Kier alpha value is -2.03. The molecule has 0 bridgehead atoms. The molecule has 2 aromatic rings. The molecule has 3 heteroatoms. The van der Waals surface area contributed by atoms with E-state index >= 15 is 0 Å². The molecule has 1 fully saturated rings. The van der Waals surface area contributed by atoms with Gasteiger partial charge in [0, 0.05) is 11.8 Å². The number of rotatable bonds is 3. The number of ether oxygens (including phenoxy) is 1. The van der Waals surface area contributed by atoms with Gasteiger partial charge in [0.05, 0.1) is 17.5 Å². The summed E-state index contributed by atoms with van der Waals surface area (Å²) in [5.41, 5.74) is 8.42. The van der Waals surface area contributed by atoms with Crippen LogP contribution < -0.4 is 10.5 Å². The van der Waals surface area contributed by atoms with Crippen molar-refractivity contribution in [3.8, 4) is 17.0 Å². The highest BCUT2D eigenvalue weighted by atomic mass is 16.5. The molecule has 0 saturated heterocycles. The van der Waals surface area contributed by atoms with E-state index in [4.69, 9.17) is 10.5 Å². The average Bonchev–Trinajstić information content (AvgIpc) is 3.14. The van der Waals surface area contributed by atoms with Crippen LogP contribution in [0.25, 0.3) is 11.3 Å². The molecule has 17 heavy (non-hydrogen) atoms. The Balaban J connectivity index is 1.94. The number of pyridine rings is 1. The third kappa shape index (κ3) is 2.23. The summed E-state index contributed by atoms with van der Waals surface area (Å²) >= 11 is 0. The Morgan fingerprint density at radius 3 is 2.82 bits per heavy atom. The molecule has 0 radical (unpaired) electrons. The van der Waals surface area contributed by atoms with Gasteiger partial charge in [0.15, 0.2) is 0 Å². The average molecular weight is 226 g/mol. The first-order valence-electron chi connectivity index (χ1n) is 5.80. The number of aromatic nitrogens is 1. The van der Waals surface area contributed by atoms with Crippen LogP contribution in [0, 0.1) is 0 Å². The summed E-state index contributed by atoms with van der Waals surface area (Å²) in [7, 11) is 0. The first-order chi connectivity index (χ1) is 8.33. The summed E-state index contributed by atoms with van der Waals surface area (Å²) in [6, 6.07) is 11.6. The first-order valence-corrected chi connectivity index (χ1v) is 5.80. The van der Waals surface area contributed by atoms with Crippen molar-refractivity contribution in [2.75, 3.05) is 5.73 Å². The van der Waals surface area contributed by atoms with Crippen LogP contribution >= 0.6 is 0 Å². The maximum Gasteiger partial charge on any atom is 0.120 e. The van der Waals surface area contributed by atoms with Crippen molar-refractivity contribution in [2.45, 2.75) is 18.9 Å². The zero-order valence-corrected chi connectivity index (χ0v) is 9.47. The summed E-state index contributed by atoms with van der Waals surface area (Å²) in [5, 5.41) is 0. The standard InChI is InChI=1S/C14H14N2O/c15-13-5-2-8-16-14(13)10-3-1-4-12(9-10)17-11-6-7-11/h1-5,8-9,11H,6-7,15H2. The topological polar surface area (TPSA) is 48.1 Å². The van der Waals surface area contributed by atoms with E-state index in [0.717, 1.165) is 29.8 Å². The number of benzene rings is 1. The minimum absolute atomic E-state index is 0.409. The van der Waals surface area contributed by atoms with Crippen LogP contribution in [0.15, 0.2) is 42.6 Å². The predicted octanol–water partition coefficient (Wildman–Crippen LogP) is 2.87. The summed E-state index contributed by atoms with van der Waals surface area (Å²) < 4.78 is 5.76. The molecule has 0 unspecified atom stereocenters. The second-order valence-electron chi connectivity index (χ2n) is 4.29. The fourth-order valence-electron chi connectivity index (χ4n) is 1.75. The summed E-state index contributed by atoms with van der Waals surface area (Å²) in [4.78, 5) is 4.30. The number of hydrogen-bond donors (Lipinski definition) is 1. The van der Waals surface area contributed by atoms with Gasteiger partial charge in [0.1, 0.15) is 5.75 Å². The molecule has 1 aliphatic rings. The molecule has 0 spiro atoms. The van der Waals surface area contributed by atoms with Crippen molar-refractivity contribution >= 4 is 5.69 Å². The van der Waals surface area contributed by atoms with Crippen LogP contribution in [0.5, 0.6) is 5.75 Å². The molecule has 0 atom stereocenters. The van der Waals surface area contributed by atoms with Crippen molar-refractivity contribution in [3.05, 3.63) is 42.6 Å². The quantitative estimate of drug-likeness (QED) is 0.875. The molecule has 2 N–H and O–H groups in total. The van der Waals surface area contributed by atoms with Gasteiger partial charge in [-0.1, -0.05) is 12.1 Å². The van der Waals surface area contributed by atoms with Crippen molar-refractivity contribution in [1.29, 1.82) is 0 Å². The Bertz CT molecular complexity index is 535. The Morgan fingerprint density at radius 1 is 1.18 bits per heavy atom. The van der Waals surface area contributed by atoms with E-state index in [9.17, 15) is 0 Å². The minimum Gasteiger partial charge on any atom is -0.490 e. The van der Waals surface area contributed by atoms with E-state index in [1.165, 1.54) is 0 Å². The molecular formula is C14H14N2O. The van der Waals surface area contributed by atoms with Gasteiger partial charge < -0.3 is 10.5 Å². The molecule has 1 aromatic carbocycles. The lowest BCUT2D eigenvalue weighted by atomic mass is 10.1. The fourth-order valence-corrected chi connectivity index (χ4v) is 1.75. The summed E-state index contributed by atoms with van der Waals surface area (Å²) in [5.74, 6) is 0.898. The third-order valence-electron chi connectivity index (χ3n) is 2.77. The van der Waals surface area contributed by atoms with Gasteiger partial charge >= 0.3 is 0 Å². The zero-order chi connectivity index (χ0) is 11.7. The fraction of sp³-hybridized carbons (Fsp3) is 0.214. The second-order valence-corrected chi connectivity index (χ2v) is 4.29. The minimum atomic E-state index is 0.409. The molecule has 86 valence electrons. The Kier molecular flexibility index (Phi) is 2.44. The van der Waals surface area contributed by atoms with Crippen LogP contribution in [0.4, 0.5) is 5.69 Å². The van der Waals surface area contributed by atoms with Gasteiger partial charge in [-0.05, 0) is 37.1 Å². The van der Waals surface area contributed by atoms with Crippen LogP contribution in [-0.4, -0.2) is 11.1 Å². The number of nitrogens with two attached hydrogens (primary N) is 1. The second kappa shape index (κ2) is 4.09. The van der Waals surface area contributed by atoms with Crippen LogP contribution in [0.3, 0.4) is 0 Å². The highest BCUT2D eigenvalue weighted by molar-refractivity contribution is 5.72. The zero-order valence-electron chi connectivity index (χ0n) is 9.47. The highest BCUT2D eigenvalue weighted by Crippen LogP contribution is 2.30. The molecule has 1 aliphatic carbocycles. The Labute approximate surface area is 100 Å². The van der Waals surface area contributed by atoms with Crippen LogP contribution in [0.2, 0.25) is 0 Å². The lowest BCUT2D eigenvalue weighted by Gasteiger charge is -2.08. The lowest BCUT2D eigenvalue weighted by molar-refractivity contribution is 0.303. The number of nitrogen functional groups attached to an aromatic ring is 1. The van der Waals surface area contributed by atoms with Crippen molar-refractivity contribution < 1.29 is 4.74 Å². The highest BCUT2D eigenvalue weighted by Gasteiger charge is 2.23. The van der Waals surface area contributed by atoms with Gasteiger partial charge in [-0.3, -0.25) is 4.98 Å². The van der Waals surface area contributed by atoms with Crippen LogP contribution in [-0.2, 0) is 0 Å². The third-order valence-corrected chi connectivity index (χ3v) is 2.77. The normalized spacial score (nSPS) is 14.6. The van der Waals surface area contributed by atoms with Gasteiger partial charge in [-0.15, -0.1) is 0 Å². The number of nitrogens with zero attached hydrogens (tertiary/aromatic N) is 1. The molecule has 3 nitrogen and oxygen atoms in total. The molecule has 3 rings (SSSR count). The lowest BCUT2D eigenvalue weighted by Crippen LogP contribution is -1.97. The summed E-state index contributed by atoms with van der Waals surface area (Å²) in [6.07, 6.45) is 4.48. The van der Waals surface area contributed by atoms with Crippen molar-refractivity contribution in [1.82, 2.24) is 4.98 Å². The molecule has 1 saturated carbocycles. The monoisotopic (exact) mass is 226 g/mol. The number of anilines is 1. The largest absolute Gasteiger partial charge is 0.490 e. The smallest absolute Gasteiger partial charge is 0.120 e. The molecular weight excluding hydrogens is 212 g/mol. The van der Waals surface area contributed by atoms with Gasteiger partial charge in [-0.25, -0.2) is 0 Å². The molecule has 0 aliphatic heterocycles. The molecule has 0 amide bonds. The van der Waals surface area contributed by atoms with Gasteiger partial charge in [-0.2, -0.15) is 0 Å². The van der Waals surface area contributed by atoms with Crippen molar-refractivity contribution in [3.63, 3.8) is 0 Å². The maximum absolute atomic E-state index is 5.91. The van der Waals surface area contributed by atoms with E-state index < -0.39 is 0 Å². The van der Waals surface area contributed by atoms with E-state index in [1.54, 1.807) is 6.20 Å². The molecule has 1 aromatic heterocycles.